The molecule has 0 saturated carbocycles. The van der Waals surface area contributed by atoms with Crippen LogP contribution < -0.4 is 9.64 Å². The van der Waals surface area contributed by atoms with E-state index in [1.54, 1.807) is 0 Å². The van der Waals surface area contributed by atoms with Crippen molar-refractivity contribution in [2.24, 2.45) is 0 Å². The smallest absolute Gasteiger partial charge is 0.238 e. The van der Waals surface area contributed by atoms with Crippen molar-refractivity contribution in [3.63, 3.8) is 0 Å². The van der Waals surface area contributed by atoms with Crippen LogP contribution in [-0.2, 0) is 4.74 Å². The van der Waals surface area contributed by atoms with Gasteiger partial charge in [0.2, 0.25) is 6.41 Å². The van der Waals surface area contributed by atoms with Crippen LogP contribution in [0.4, 0.5) is 5.69 Å². The van der Waals surface area contributed by atoms with E-state index in [9.17, 15) is 5.11 Å². The molecule has 1 aliphatic rings. The van der Waals surface area contributed by atoms with Crippen LogP contribution in [-0.4, -0.2) is 30.8 Å². The van der Waals surface area contributed by atoms with E-state index in [4.69, 9.17) is 9.47 Å². The van der Waals surface area contributed by atoms with E-state index in [1.165, 1.54) is 25.7 Å². The summed E-state index contributed by atoms with van der Waals surface area (Å²) in [5, 5.41) is 10.1. The highest BCUT2D eigenvalue weighted by molar-refractivity contribution is 5.49. The Bertz CT molecular complexity index is 407. The van der Waals surface area contributed by atoms with Crippen LogP contribution in [0.2, 0.25) is 0 Å². The SMILES string of the molecule is CCCCCCC1CN(c2ccc(OCC)cc2)C(O)O1. The minimum Gasteiger partial charge on any atom is -0.494 e. The first-order valence-electron chi connectivity index (χ1n) is 8.07. The predicted molar refractivity (Wildman–Crippen MR) is 84.6 cm³/mol. The third-order valence-electron chi connectivity index (χ3n) is 3.84. The van der Waals surface area contributed by atoms with Gasteiger partial charge in [-0.2, -0.15) is 0 Å². The quantitative estimate of drug-likeness (QED) is 0.744. The second kappa shape index (κ2) is 8.25. The lowest BCUT2D eigenvalue weighted by molar-refractivity contribution is -0.0902. The summed E-state index contributed by atoms with van der Waals surface area (Å²) in [6.45, 7) is 5.59. The highest BCUT2D eigenvalue weighted by Gasteiger charge is 2.31. The van der Waals surface area contributed by atoms with E-state index >= 15 is 0 Å². The van der Waals surface area contributed by atoms with E-state index in [2.05, 4.69) is 6.92 Å². The summed E-state index contributed by atoms with van der Waals surface area (Å²) in [5.74, 6) is 0.854. The number of unbranched alkanes of at least 4 members (excludes halogenated alkanes) is 3. The maximum atomic E-state index is 10.1. The minimum absolute atomic E-state index is 0.128. The van der Waals surface area contributed by atoms with E-state index in [-0.39, 0.29) is 6.10 Å². The summed E-state index contributed by atoms with van der Waals surface area (Å²) >= 11 is 0. The molecule has 1 aromatic rings. The van der Waals surface area contributed by atoms with Crippen LogP contribution in [0.15, 0.2) is 24.3 Å². The second-order valence-corrected chi connectivity index (χ2v) is 5.51. The molecule has 1 aromatic carbocycles. The fraction of sp³-hybridized carbons (Fsp3) is 0.647. The molecule has 0 bridgehead atoms. The fourth-order valence-corrected chi connectivity index (χ4v) is 2.69. The molecule has 1 heterocycles. The molecule has 1 fully saturated rings. The average molecular weight is 293 g/mol. The topological polar surface area (TPSA) is 41.9 Å². The standard InChI is InChI=1S/C17H27NO3/c1-3-5-6-7-8-16-13-18(17(19)21-16)14-9-11-15(12-10-14)20-4-2/h9-12,16-17,19H,3-8,13H2,1-2H3. The van der Waals surface area contributed by atoms with Gasteiger partial charge in [0.15, 0.2) is 0 Å². The van der Waals surface area contributed by atoms with Gasteiger partial charge in [-0.1, -0.05) is 32.6 Å². The molecule has 2 unspecified atom stereocenters. The van der Waals surface area contributed by atoms with Gasteiger partial charge in [-0.05, 0) is 37.6 Å². The second-order valence-electron chi connectivity index (χ2n) is 5.51. The van der Waals surface area contributed by atoms with Crippen molar-refractivity contribution in [3.05, 3.63) is 24.3 Å². The summed E-state index contributed by atoms with van der Waals surface area (Å²) in [7, 11) is 0. The Hall–Kier alpha value is -1.26. The van der Waals surface area contributed by atoms with Gasteiger partial charge >= 0.3 is 0 Å². The van der Waals surface area contributed by atoms with Gasteiger partial charge in [-0.25, -0.2) is 0 Å². The van der Waals surface area contributed by atoms with Gasteiger partial charge < -0.3 is 19.5 Å². The Morgan fingerprint density at radius 2 is 1.95 bits per heavy atom. The first kappa shape index (κ1) is 16.1. The predicted octanol–water partition coefficient (Wildman–Crippen LogP) is 3.54. The van der Waals surface area contributed by atoms with Crippen LogP contribution in [0.3, 0.4) is 0 Å². The summed E-state index contributed by atoms with van der Waals surface area (Å²) in [6, 6.07) is 7.80. The molecule has 4 heteroatoms. The summed E-state index contributed by atoms with van der Waals surface area (Å²) in [4.78, 5) is 1.90. The third-order valence-corrected chi connectivity index (χ3v) is 3.84. The van der Waals surface area contributed by atoms with E-state index in [1.807, 2.05) is 36.1 Å². The number of ether oxygens (including phenoxy) is 2. The molecule has 0 aromatic heterocycles. The molecule has 2 rings (SSSR count). The Morgan fingerprint density at radius 1 is 1.19 bits per heavy atom. The van der Waals surface area contributed by atoms with Crippen molar-refractivity contribution in [1.29, 1.82) is 0 Å². The van der Waals surface area contributed by atoms with Gasteiger partial charge in [-0.3, -0.25) is 0 Å². The lowest BCUT2D eigenvalue weighted by atomic mass is 10.1. The van der Waals surface area contributed by atoms with Crippen LogP contribution in [0.1, 0.15) is 46.0 Å². The lowest BCUT2D eigenvalue weighted by Crippen LogP contribution is -2.29. The number of aliphatic hydroxyl groups excluding tert-OH is 1. The molecular weight excluding hydrogens is 266 g/mol. The Morgan fingerprint density at radius 3 is 2.62 bits per heavy atom. The molecular formula is C17H27NO3. The Kier molecular flexibility index (Phi) is 6.33. The van der Waals surface area contributed by atoms with Gasteiger partial charge in [0.05, 0.1) is 12.7 Å². The van der Waals surface area contributed by atoms with Crippen molar-refractivity contribution in [2.45, 2.75) is 58.5 Å². The summed E-state index contributed by atoms with van der Waals surface area (Å²) in [5.41, 5.74) is 0.974. The zero-order chi connectivity index (χ0) is 15.1. The number of benzene rings is 1. The maximum Gasteiger partial charge on any atom is 0.238 e. The van der Waals surface area contributed by atoms with Crippen molar-refractivity contribution in [2.75, 3.05) is 18.1 Å². The van der Waals surface area contributed by atoms with Gasteiger partial charge in [-0.15, -0.1) is 0 Å². The summed E-state index contributed by atoms with van der Waals surface area (Å²) in [6.07, 6.45) is 5.25. The molecule has 118 valence electrons. The van der Waals surface area contributed by atoms with Gasteiger partial charge in [0.25, 0.3) is 0 Å². The van der Waals surface area contributed by atoms with E-state index in [0.717, 1.165) is 24.4 Å². The summed E-state index contributed by atoms with van der Waals surface area (Å²) < 4.78 is 11.1. The van der Waals surface area contributed by atoms with Crippen molar-refractivity contribution in [1.82, 2.24) is 0 Å². The Labute approximate surface area is 127 Å². The maximum absolute atomic E-state index is 10.1. The fourth-order valence-electron chi connectivity index (χ4n) is 2.69. The molecule has 0 radical (unpaired) electrons. The van der Waals surface area contributed by atoms with Crippen molar-refractivity contribution < 1.29 is 14.6 Å². The average Bonchev–Trinajstić information content (AvgIpc) is 2.86. The number of hydrogen-bond donors (Lipinski definition) is 1. The molecule has 1 N–H and O–H groups in total. The van der Waals surface area contributed by atoms with E-state index in [0.29, 0.717) is 6.61 Å². The minimum atomic E-state index is -0.834. The number of hydrogen-bond acceptors (Lipinski definition) is 4. The molecule has 2 atom stereocenters. The van der Waals surface area contributed by atoms with Gasteiger partial charge in [0.1, 0.15) is 5.75 Å². The van der Waals surface area contributed by atoms with Gasteiger partial charge in [0, 0.05) is 12.2 Å². The number of rotatable bonds is 8. The van der Waals surface area contributed by atoms with Crippen molar-refractivity contribution >= 4 is 5.69 Å². The molecule has 1 aliphatic heterocycles. The molecule has 0 spiro atoms. The first-order chi connectivity index (χ1) is 10.2. The molecule has 0 amide bonds. The number of nitrogens with zero attached hydrogens (tertiary/aromatic N) is 1. The highest BCUT2D eigenvalue weighted by Crippen LogP contribution is 2.27. The number of anilines is 1. The van der Waals surface area contributed by atoms with Crippen LogP contribution in [0.25, 0.3) is 0 Å². The first-order valence-corrected chi connectivity index (χ1v) is 8.07. The largest absolute Gasteiger partial charge is 0.494 e. The van der Waals surface area contributed by atoms with Crippen LogP contribution in [0, 0.1) is 0 Å². The number of aliphatic hydroxyl groups is 1. The third kappa shape index (κ3) is 4.61. The zero-order valence-electron chi connectivity index (χ0n) is 13.1. The molecule has 1 saturated heterocycles. The zero-order valence-corrected chi connectivity index (χ0v) is 13.1. The molecule has 4 nitrogen and oxygen atoms in total. The molecule has 0 aliphatic carbocycles. The highest BCUT2D eigenvalue weighted by atomic mass is 16.6. The monoisotopic (exact) mass is 293 g/mol. The Balaban J connectivity index is 1.85. The molecule has 21 heavy (non-hydrogen) atoms. The normalized spacial score (nSPS) is 21.8. The lowest BCUT2D eigenvalue weighted by Gasteiger charge is -2.20. The van der Waals surface area contributed by atoms with Crippen LogP contribution in [0.5, 0.6) is 5.75 Å². The van der Waals surface area contributed by atoms with Crippen molar-refractivity contribution in [3.8, 4) is 5.75 Å². The van der Waals surface area contributed by atoms with Crippen LogP contribution >= 0.6 is 0 Å². The van der Waals surface area contributed by atoms with E-state index < -0.39 is 6.41 Å².